The van der Waals surface area contributed by atoms with E-state index in [1.54, 1.807) is 0 Å². The Bertz CT molecular complexity index is 209. The van der Waals surface area contributed by atoms with E-state index >= 15 is 0 Å². The number of alkyl halides is 1. The van der Waals surface area contributed by atoms with Crippen LogP contribution in [0.15, 0.2) is 0 Å². The SMILES string of the molecule is CCCCCC#CC#CCCCCl. The molecule has 1 heteroatoms. The maximum absolute atomic E-state index is 5.50. The Morgan fingerprint density at radius 2 is 1.54 bits per heavy atom. The summed E-state index contributed by atoms with van der Waals surface area (Å²) in [7, 11) is 0. The van der Waals surface area contributed by atoms with E-state index in [1.807, 2.05) is 0 Å². The minimum Gasteiger partial charge on any atom is -0.127 e. The molecule has 0 rings (SSSR count). The molecule has 0 saturated carbocycles. The number of hydrogen-bond donors (Lipinski definition) is 0. The minimum absolute atomic E-state index is 0.693. The molecule has 0 aromatic heterocycles. The highest BCUT2D eigenvalue weighted by molar-refractivity contribution is 6.17. The second kappa shape index (κ2) is 11.4. The molecule has 72 valence electrons. The van der Waals surface area contributed by atoms with Gasteiger partial charge in [-0.3, -0.25) is 0 Å². The van der Waals surface area contributed by atoms with Crippen LogP contribution in [0.2, 0.25) is 0 Å². The molecule has 0 aliphatic rings. The molecule has 0 unspecified atom stereocenters. The van der Waals surface area contributed by atoms with Gasteiger partial charge in [-0.1, -0.05) is 31.6 Å². The fourth-order valence-electron chi connectivity index (χ4n) is 0.832. The third kappa shape index (κ3) is 11.4. The van der Waals surface area contributed by atoms with Crippen LogP contribution in [0.1, 0.15) is 45.4 Å². The number of halogens is 1. The summed E-state index contributed by atoms with van der Waals surface area (Å²) < 4.78 is 0. The van der Waals surface area contributed by atoms with Crippen molar-refractivity contribution in [2.45, 2.75) is 45.4 Å². The zero-order valence-electron chi connectivity index (χ0n) is 8.33. The van der Waals surface area contributed by atoms with E-state index in [4.69, 9.17) is 11.6 Å². The van der Waals surface area contributed by atoms with Gasteiger partial charge in [0.2, 0.25) is 0 Å². The van der Waals surface area contributed by atoms with Gasteiger partial charge in [0, 0.05) is 18.7 Å². The van der Waals surface area contributed by atoms with Gasteiger partial charge in [0.25, 0.3) is 0 Å². The minimum atomic E-state index is 0.693. The molecule has 0 fully saturated rings. The van der Waals surface area contributed by atoms with Gasteiger partial charge in [0.1, 0.15) is 0 Å². The fraction of sp³-hybridized carbons (Fsp3) is 0.667. The van der Waals surface area contributed by atoms with Crippen LogP contribution in [-0.4, -0.2) is 5.88 Å². The van der Waals surface area contributed by atoms with Gasteiger partial charge >= 0.3 is 0 Å². The van der Waals surface area contributed by atoms with Crippen LogP contribution in [0.3, 0.4) is 0 Å². The summed E-state index contributed by atoms with van der Waals surface area (Å²) in [4.78, 5) is 0. The van der Waals surface area contributed by atoms with E-state index in [0.29, 0.717) is 5.88 Å². The molecule has 0 heterocycles. The molecule has 0 spiro atoms. The van der Waals surface area contributed by atoms with E-state index in [0.717, 1.165) is 19.3 Å². The second-order valence-corrected chi connectivity index (χ2v) is 3.23. The predicted molar refractivity (Wildman–Crippen MR) is 59.6 cm³/mol. The van der Waals surface area contributed by atoms with Gasteiger partial charge in [0.05, 0.1) is 0 Å². The standard InChI is InChI=1S/C12H17Cl/c1-2-3-4-5-6-7-8-9-10-11-12-13/h2-5,10-12H2,1H3. The van der Waals surface area contributed by atoms with Crippen LogP contribution in [0.25, 0.3) is 0 Å². The van der Waals surface area contributed by atoms with Crippen molar-refractivity contribution < 1.29 is 0 Å². The lowest BCUT2D eigenvalue weighted by Gasteiger charge is -1.86. The molecule has 0 N–H and O–H groups in total. The maximum atomic E-state index is 5.50. The smallest absolute Gasteiger partial charge is 0.0232 e. The van der Waals surface area contributed by atoms with Gasteiger partial charge in [-0.05, 0) is 24.7 Å². The second-order valence-electron chi connectivity index (χ2n) is 2.85. The summed E-state index contributed by atoms with van der Waals surface area (Å²) in [6, 6.07) is 0. The van der Waals surface area contributed by atoms with E-state index < -0.39 is 0 Å². The number of hydrogen-bond acceptors (Lipinski definition) is 0. The molecule has 13 heavy (non-hydrogen) atoms. The third-order valence-corrected chi connectivity index (χ3v) is 1.85. The third-order valence-electron chi connectivity index (χ3n) is 1.58. The van der Waals surface area contributed by atoms with Crippen LogP contribution in [0, 0.1) is 23.7 Å². The number of rotatable bonds is 5. The zero-order valence-corrected chi connectivity index (χ0v) is 9.08. The number of unbranched alkanes of at least 4 members (excludes halogenated alkanes) is 4. The first-order valence-corrected chi connectivity index (χ1v) is 5.47. The Balaban J connectivity index is 3.30. The molecule has 0 aliphatic carbocycles. The molecular weight excluding hydrogens is 180 g/mol. The molecule has 0 amide bonds. The summed E-state index contributed by atoms with van der Waals surface area (Å²) >= 11 is 5.50. The van der Waals surface area contributed by atoms with Crippen molar-refractivity contribution >= 4 is 11.6 Å². The normalized spacial score (nSPS) is 8.15. The quantitative estimate of drug-likeness (QED) is 0.358. The van der Waals surface area contributed by atoms with Gasteiger partial charge < -0.3 is 0 Å². The summed E-state index contributed by atoms with van der Waals surface area (Å²) in [6.45, 7) is 2.19. The lowest BCUT2D eigenvalue weighted by molar-refractivity contribution is 0.737. The van der Waals surface area contributed by atoms with E-state index in [9.17, 15) is 0 Å². The molecular formula is C12H17Cl. The molecule has 0 atom stereocenters. The van der Waals surface area contributed by atoms with Crippen molar-refractivity contribution in [1.29, 1.82) is 0 Å². The summed E-state index contributed by atoms with van der Waals surface area (Å²) in [5.74, 6) is 12.4. The van der Waals surface area contributed by atoms with Crippen molar-refractivity contribution in [1.82, 2.24) is 0 Å². The first kappa shape index (κ1) is 12.4. The van der Waals surface area contributed by atoms with Crippen molar-refractivity contribution in [3.8, 4) is 23.7 Å². The van der Waals surface area contributed by atoms with Crippen molar-refractivity contribution in [3.63, 3.8) is 0 Å². The van der Waals surface area contributed by atoms with Gasteiger partial charge in [-0.25, -0.2) is 0 Å². The summed E-state index contributed by atoms with van der Waals surface area (Å²) in [6.07, 6.45) is 6.54. The van der Waals surface area contributed by atoms with E-state index in [2.05, 4.69) is 30.6 Å². The molecule has 0 nitrogen and oxygen atoms in total. The van der Waals surface area contributed by atoms with Crippen LogP contribution in [-0.2, 0) is 0 Å². The molecule has 0 bridgehead atoms. The Hall–Kier alpha value is -0.590. The lowest BCUT2D eigenvalue weighted by atomic mass is 10.2. The molecule has 0 aromatic carbocycles. The Labute approximate surface area is 87.1 Å². The first-order chi connectivity index (χ1) is 6.41. The van der Waals surface area contributed by atoms with Gasteiger partial charge in [-0.15, -0.1) is 11.6 Å². The average Bonchev–Trinajstić information content (AvgIpc) is 2.16. The highest BCUT2D eigenvalue weighted by Gasteiger charge is 1.79. The summed E-state index contributed by atoms with van der Waals surface area (Å²) in [5.41, 5.74) is 0. The first-order valence-electron chi connectivity index (χ1n) is 4.93. The Kier molecular flexibility index (Phi) is 10.9. The monoisotopic (exact) mass is 196 g/mol. The van der Waals surface area contributed by atoms with Crippen molar-refractivity contribution in [2.24, 2.45) is 0 Å². The predicted octanol–water partition coefficient (Wildman–Crippen LogP) is 3.59. The molecule has 0 aromatic rings. The van der Waals surface area contributed by atoms with Crippen LogP contribution >= 0.6 is 11.6 Å². The molecule has 0 saturated heterocycles. The van der Waals surface area contributed by atoms with Gasteiger partial charge in [0.15, 0.2) is 0 Å². The van der Waals surface area contributed by atoms with Crippen molar-refractivity contribution in [3.05, 3.63) is 0 Å². The van der Waals surface area contributed by atoms with Crippen LogP contribution < -0.4 is 0 Å². The highest BCUT2D eigenvalue weighted by atomic mass is 35.5. The fourth-order valence-corrected chi connectivity index (χ4v) is 0.966. The lowest BCUT2D eigenvalue weighted by Crippen LogP contribution is -1.71. The van der Waals surface area contributed by atoms with Crippen molar-refractivity contribution in [2.75, 3.05) is 5.88 Å². The maximum Gasteiger partial charge on any atom is 0.0232 e. The average molecular weight is 197 g/mol. The van der Waals surface area contributed by atoms with E-state index in [1.165, 1.54) is 19.3 Å². The zero-order chi connectivity index (χ0) is 9.78. The molecule has 0 radical (unpaired) electrons. The Morgan fingerprint density at radius 1 is 0.923 bits per heavy atom. The topological polar surface area (TPSA) is 0 Å². The Morgan fingerprint density at radius 3 is 2.08 bits per heavy atom. The highest BCUT2D eigenvalue weighted by Crippen LogP contribution is 1.96. The largest absolute Gasteiger partial charge is 0.127 e. The van der Waals surface area contributed by atoms with Crippen LogP contribution in [0.5, 0.6) is 0 Å². The molecule has 0 aliphatic heterocycles. The van der Waals surface area contributed by atoms with E-state index in [-0.39, 0.29) is 0 Å². The van der Waals surface area contributed by atoms with Crippen LogP contribution in [0.4, 0.5) is 0 Å². The van der Waals surface area contributed by atoms with Gasteiger partial charge in [-0.2, -0.15) is 0 Å². The summed E-state index contributed by atoms with van der Waals surface area (Å²) in [5, 5.41) is 0.